The molecule has 1 rings (SSSR count). The predicted molar refractivity (Wildman–Crippen MR) is 68.4 cm³/mol. The first-order valence-electron chi connectivity index (χ1n) is 6.26. The summed E-state index contributed by atoms with van der Waals surface area (Å²) in [5, 5.41) is 2.53. The van der Waals surface area contributed by atoms with Crippen molar-refractivity contribution in [3.63, 3.8) is 0 Å². The third kappa shape index (κ3) is 4.42. The van der Waals surface area contributed by atoms with Gasteiger partial charge in [0.2, 0.25) is 5.91 Å². The lowest BCUT2D eigenvalue weighted by molar-refractivity contribution is -0.141. The molecular weight excluding hydrogens is 250 g/mol. The number of piperidine rings is 1. The molecule has 0 aromatic carbocycles. The Kier molecular flexibility index (Phi) is 5.59. The summed E-state index contributed by atoms with van der Waals surface area (Å²) in [6.45, 7) is 0.926. The number of ether oxygens (including phenoxy) is 1. The average Bonchev–Trinajstić information content (AvgIpc) is 2.43. The van der Waals surface area contributed by atoms with Crippen LogP contribution in [0.2, 0.25) is 0 Å². The first-order valence-corrected chi connectivity index (χ1v) is 6.26. The zero-order valence-corrected chi connectivity index (χ0v) is 11.6. The molecular formula is C12H21N3O4. The van der Waals surface area contributed by atoms with Gasteiger partial charge >= 0.3 is 12.0 Å². The van der Waals surface area contributed by atoms with E-state index in [4.69, 9.17) is 0 Å². The molecule has 1 fully saturated rings. The minimum Gasteiger partial charge on any atom is -0.468 e. The molecule has 3 amide bonds. The van der Waals surface area contributed by atoms with Crippen LogP contribution in [0.4, 0.5) is 4.79 Å². The van der Waals surface area contributed by atoms with E-state index in [-0.39, 0.29) is 24.4 Å². The van der Waals surface area contributed by atoms with Crippen molar-refractivity contribution in [2.75, 3.05) is 40.8 Å². The molecule has 7 nitrogen and oxygen atoms in total. The van der Waals surface area contributed by atoms with Crippen LogP contribution in [-0.2, 0) is 14.3 Å². The van der Waals surface area contributed by atoms with E-state index in [1.165, 1.54) is 12.0 Å². The SMILES string of the molecule is COC(=O)CNC(=O)C1CCCN(C(=O)N(C)C)C1. The summed E-state index contributed by atoms with van der Waals surface area (Å²) in [5.74, 6) is -0.950. The molecule has 108 valence electrons. The van der Waals surface area contributed by atoms with Crippen LogP contribution in [0.25, 0.3) is 0 Å². The first kappa shape index (κ1) is 15.3. The Bertz CT molecular complexity index is 357. The van der Waals surface area contributed by atoms with Gasteiger partial charge < -0.3 is 19.9 Å². The number of amides is 3. The fourth-order valence-electron chi connectivity index (χ4n) is 2.02. The number of hydrogen-bond acceptors (Lipinski definition) is 4. The molecule has 0 bridgehead atoms. The van der Waals surface area contributed by atoms with Crippen LogP contribution in [0, 0.1) is 5.92 Å². The van der Waals surface area contributed by atoms with Crippen molar-refractivity contribution in [1.29, 1.82) is 0 Å². The zero-order chi connectivity index (χ0) is 14.4. The fourth-order valence-corrected chi connectivity index (χ4v) is 2.02. The maximum atomic E-state index is 11.9. The van der Waals surface area contributed by atoms with Gasteiger partial charge in [-0.15, -0.1) is 0 Å². The molecule has 1 atom stereocenters. The number of methoxy groups -OCH3 is 1. The first-order chi connectivity index (χ1) is 8.95. The van der Waals surface area contributed by atoms with Crippen LogP contribution in [0.5, 0.6) is 0 Å². The summed E-state index contributed by atoms with van der Waals surface area (Å²) < 4.78 is 4.45. The number of hydrogen-bond donors (Lipinski definition) is 1. The molecule has 0 saturated carbocycles. The van der Waals surface area contributed by atoms with Crippen molar-refractivity contribution < 1.29 is 19.1 Å². The van der Waals surface area contributed by atoms with Crippen molar-refractivity contribution in [2.24, 2.45) is 5.92 Å². The Hall–Kier alpha value is -1.79. The highest BCUT2D eigenvalue weighted by molar-refractivity contribution is 5.84. The van der Waals surface area contributed by atoms with Gasteiger partial charge in [-0.25, -0.2) is 4.79 Å². The number of urea groups is 1. The highest BCUT2D eigenvalue weighted by Crippen LogP contribution is 2.17. The lowest BCUT2D eigenvalue weighted by Crippen LogP contribution is -2.49. The second kappa shape index (κ2) is 6.96. The monoisotopic (exact) mass is 271 g/mol. The van der Waals surface area contributed by atoms with E-state index >= 15 is 0 Å². The Morgan fingerprint density at radius 1 is 1.37 bits per heavy atom. The average molecular weight is 271 g/mol. The smallest absolute Gasteiger partial charge is 0.325 e. The van der Waals surface area contributed by atoms with Gasteiger partial charge in [-0.3, -0.25) is 9.59 Å². The molecule has 19 heavy (non-hydrogen) atoms. The molecule has 1 N–H and O–H groups in total. The number of likely N-dealkylation sites (tertiary alicyclic amines) is 1. The van der Waals surface area contributed by atoms with Gasteiger partial charge in [0, 0.05) is 27.2 Å². The fraction of sp³-hybridized carbons (Fsp3) is 0.750. The van der Waals surface area contributed by atoms with E-state index in [2.05, 4.69) is 10.1 Å². The normalized spacial score (nSPS) is 18.7. The third-order valence-corrected chi connectivity index (χ3v) is 3.08. The van der Waals surface area contributed by atoms with E-state index in [9.17, 15) is 14.4 Å². The molecule has 1 saturated heterocycles. The lowest BCUT2D eigenvalue weighted by Gasteiger charge is -2.33. The molecule has 0 radical (unpaired) electrons. The van der Waals surface area contributed by atoms with Crippen molar-refractivity contribution in [3.8, 4) is 0 Å². The summed E-state index contributed by atoms with van der Waals surface area (Å²) in [6, 6.07) is -0.0922. The van der Waals surface area contributed by atoms with Gasteiger partial charge in [0.25, 0.3) is 0 Å². The Morgan fingerprint density at radius 3 is 2.63 bits per heavy atom. The molecule has 7 heteroatoms. The van der Waals surface area contributed by atoms with Crippen LogP contribution in [0.1, 0.15) is 12.8 Å². The van der Waals surface area contributed by atoms with Crippen molar-refractivity contribution >= 4 is 17.9 Å². The van der Waals surface area contributed by atoms with Crippen LogP contribution >= 0.6 is 0 Å². The van der Waals surface area contributed by atoms with E-state index in [1.807, 2.05) is 0 Å². The molecule has 1 aliphatic heterocycles. The van der Waals surface area contributed by atoms with Crippen LogP contribution in [-0.4, -0.2) is 68.5 Å². The molecule has 0 spiro atoms. The third-order valence-electron chi connectivity index (χ3n) is 3.08. The predicted octanol–water partition coefficient (Wildman–Crippen LogP) is -0.331. The number of esters is 1. The molecule has 1 unspecified atom stereocenters. The Balaban J connectivity index is 2.48. The maximum absolute atomic E-state index is 11.9. The van der Waals surface area contributed by atoms with Crippen LogP contribution < -0.4 is 5.32 Å². The van der Waals surface area contributed by atoms with Gasteiger partial charge in [-0.05, 0) is 12.8 Å². The van der Waals surface area contributed by atoms with E-state index < -0.39 is 5.97 Å². The lowest BCUT2D eigenvalue weighted by atomic mass is 9.97. The van der Waals surface area contributed by atoms with Gasteiger partial charge in [0.1, 0.15) is 6.54 Å². The minimum absolute atomic E-state index is 0.0922. The number of nitrogens with zero attached hydrogens (tertiary/aromatic N) is 2. The van der Waals surface area contributed by atoms with Crippen molar-refractivity contribution in [1.82, 2.24) is 15.1 Å². The summed E-state index contributed by atoms with van der Waals surface area (Å²) in [5.41, 5.74) is 0. The Labute approximate surface area is 112 Å². The molecule has 1 heterocycles. The Morgan fingerprint density at radius 2 is 2.05 bits per heavy atom. The van der Waals surface area contributed by atoms with Crippen LogP contribution in [0.15, 0.2) is 0 Å². The quantitative estimate of drug-likeness (QED) is 0.713. The topological polar surface area (TPSA) is 79.0 Å². The minimum atomic E-state index is -0.481. The van der Waals surface area contributed by atoms with Crippen molar-refractivity contribution in [3.05, 3.63) is 0 Å². The van der Waals surface area contributed by atoms with Gasteiger partial charge in [-0.2, -0.15) is 0 Å². The standard InChI is InChI=1S/C12H21N3O4/c1-14(2)12(18)15-6-4-5-9(8-15)11(17)13-7-10(16)19-3/h9H,4-8H2,1-3H3,(H,13,17). The van der Waals surface area contributed by atoms with E-state index in [1.54, 1.807) is 19.0 Å². The zero-order valence-electron chi connectivity index (χ0n) is 11.6. The summed E-state index contributed by atoms with van der Waals surface area (Å²) in [7, 11) is 4.64. The number of nitrogens with one attached hydrogen (secondary N) is 1. The second-order valence-corrected chi connectivity index (χ2v) is 4.76. The summed E-state index contributed by atoms with van der Waals surface area (Å²) >= 11 is 0. The molecule has 0 aromatic rings. The van der Waals surface area contributed by atoms with Crippen molar-refractivity contribution in [2.45, 2.75) is 12.8 Å². The number of carbonyl (C=O) groups is 3. The summed E-state index contributed by atoms with van der Waals surface area (Å²) in [4.78, 5) is 37.8. The summed E-state index contributed by atoms with van der Waals surface area (Å²) in [6.07, 6.45) is 1.51. The highest BCUT2D eigenvalue weighted by atomic mass is 16.5. The number of rotatable bonds is 3. The molecule has 0 aliphatic carbocycles. The van der Waals surface area contributed by atoms with Gasteiger partial charge in [-0.1, -0.05) is 0 Å². The highest BCUT2D eigenvalue weighted by Gasteiger charge is 2.29. The molecule has 1 aliphatic rings. The van der Waals surface area contributed by atoms with E-state index in [0.717, 1.165) is 12.8 Å². The maximum Gasteiger partial charge on any atom is 0.325 e. The van der Waals surface area contributed by atoms with E-state index in [0.29, 0.717) is 13.1 Å². The van der Waals surface area contributed by atoms with Crippen LogP contribution in [0.3, 0.4) is 0 Å². The number of carbonyl (C=O) groups excluding carboxylic acids is 3. The largest absolute Gasteiger partial charge is 0.468 e. The van der Waals surface area contributed by atoms with Gasteiger partial charge in [0.15, 0.2) is 0 Å². The second-order valence-electron chi connectivity index (χ2n) is 4.76. The van der Waals surface area contributed by atoms with Gasteiger partial charge in [0.05, 0.1) is 13.0 Å². The molecule has 0 aromatic heterocycles.